The molecule has 0 amide bonds. The van der Waals surface area contributed by atoms with Gasteiger partial charge in [0.2, 0.25) is 0 Å². The van der Waals surface area contributed by atoms with Crippen molar-refractivity contribution >= 4 is 5.97 Å². The van der Waals surface area contributed by atoms with Crippen molar-refractivity contribution in [3.05, 3.63) is 0 Å². The van der Waals surface area contributed by atoms with Crippen LogP contribution in [0.1, 0.15) is 86.0 Å². The van der Waals surface area contributed by atoms with Crippen LogP contribution in [0.5, 0.6) is 0 Å². The number of aliphatic hydroxyl groups excluding tert-OH is 16. The first-order valence-electron chi connectivity index (χ1n) is 31.3. The van der Waals surface area contributed by atoms with Gasteiger partial charge in [-0.05, 0) is 85.4 Å². The summed E-state index contributed by atoms with van der Waals surface area (Å²) < 4.78 is 78.1. The molecular weight excluding hydrogens is 1180 g/mol. The quantitative estimate of drug-likeness (QED) is 0.0536. The fourth-order valence-corrected chi connectivity index (χ4v) is 17.6. The van der Waals surface area contributed by atoms with E-state index in [1.54, 1.807) is 0 Å². The van der Waals surface area contributed by atoms with Crippen LogP contribution in [0.3, 0.4) is 0 Å². The van der Waals surface area contributed by atoms with Crippen molar-refractivity contribution in [1.82, 2.24) is 0 Å². The van der Waals surface area contributed by atoms with Crippen molar-refractivity contribution in [1.29, 1.82) is 0 Å². The molecule has 0 bridgehead atoms. The molecule has 16 N–H and O–H groups in total. The van der Waals surface area contributed by atoms with Gasteiger partial charge in [-0.3, -0.25) is 4.79 Å². The minimum Gasteiger partial charge on any atom is -0.463 e. The number of hydrogen-bond acceptors (Lipinski definition) is 30. The highest BCUT2D eigenvalue weighted by atomic mass is 16.8. The highest BCUT2D eigenvalue weighted by Crippen LogP contribution is 2.71. The molecule has 7 heterocycles. The topological polar surface area (TPSA) is 461 Å². The monoisotopic (exact) mass is 1270 g/mol. The van der Waals surface area contributed by atoms with Gasteiger partial charge in [-0.15, -0.1) is 0 Å². The Morgan fingerprint density at radius 3 is 1.77 bits per heavy atom. The zero-order valence-electron chi connectivity index (χ0n) is 50.0. The van der Waals surface area contributed by atoms with Gasteiger partial charge in [0.15, 0.2) is 37.2 Å². The van der Waals surface area contributed by atoms with Crippen LogP contribution >= 0.6 is 0 Å². The summed E-state index contributed by atoms with van der Waals surface area (Å²) in [5, 5.41) is 179. The van der Waals surface area contributed by atoms with E-state index in [1.807, 2.05) is 0 Å². The van der Waals surface area contributed by atoms with E-state index in [2.05, 4.69) is 27.7 Å². The summed E-state index contributed by atoms with van der Waals surface area (Å²) in [6, 6.07) is 0. The van der Waals surface area contributed by atoms with E-state index in [4.69, 9.17) is 61.6 Å². The summed E-state index contributed by atoms with van der Waals surface area (Å²) in [7, 11) is 0. The van der Waals surface area contributed by atoms with Crippen molar-refractivity contribution in [3.8, 4) is 0 Å². The maximum Gasteiger partial charge on any atom is 0.302 e. The molecule has 11 aliphatic rings. The zero-order chi connectivity index (χ0) is 63.4. The van der Waals surface area contributed by atoms with Crippen molar-refractivity contribution in [3.63, 3.8) is 0 Å². The number of fused-ring (bicyclic) bond motifs is 7. The van der Waals surface area contributed by atoms with Gasteiger partial charge in [0.1, 0.15) is 123 Å². The number of rotatable bonds is 15. The summed E-state index contributed by atoms with van der Waals surface area (Å²) in [5.41, 5.74) is -0.543. The van der Waals surface area contributed by atoms with Crippen LogP contribution in [0, 0.1) is 52.3 Å². The Labute approximate surface area is 508 Å². The Balaban J connectivity index is 0.797. The van der Waals surface area contributed by atoms with Crippen molar-refractivity contribution < 1.29 is 148 Å². The van der Waals surface area contributed by atoms with Crippen LogP contribution in [-0.2, 0) is 66.4 Å². The second kappa shape index (κ2) is 26.5. The molecule has 38 atom stereocenters. The van der Waals surface area contributed by atoms with Crippen LogP contribution in [0.2, 0.25) is 0 Å². The first kappa shape index (κ1) is 67.8. The van der Waals surface area contributed by atoms with Gasteiger partial charge >= 0.3 is 5.97 Å². The molecule has 0 aromatic rings. The van der Waals surface area contributed by atoms with E-state index < -0.39 is 211 Å². The van der Waals surface area contributed by atoms with E-state index in [0.29, 0.717) is 25.4 Å². The lowest BCUT2D eigenvalue weighted by atomic mass is 9.44. The van der Waals surface area contributed by atoms with E-state index in [9.17, 15) is 86.5 Å². The Hall–Kier alpha value is -1.65. The number of aliphatic hydroxyl groups is 16. The summed E-state index contributed by atoms with van der Waals surface area (Å²) in [5.74, 6) is -0.446. The second-order valence-electron chi connectivity index (χ2n) is 27.6. The lowest BCUT2D eigenvalue weighted by molar-refractivity contribution is -0.410. The van der Waals surface area contributed by atoms with Gasteiger partial charge in [-0.25, -0.2) is 0 Å². The van der Waals surface area contributed by atoms with Crippen molar-refractivity contribution in [2.75, 3.05) is 39.6 Å². The van der Waals surface area contributed by atoms with Crippen LogP contribution in [0.25, 0.3) is 0 Å². The van der Waals surface area contributed by atoms with Crippen LogP contribution in [0.4, 0.5) is 0 Å². The third-order valence-corrected chi connectivity index (χ3v) is 22.4. The molecule has 506 valence electrons. The van der Waals surface area contributed by atoms with E-state index >= 15 is 0 Å². The molecule has 0 aromatic heterocycles. The summed E-state index contributed by atoms with van der Waals surface area (Å²) >= 11 is 0. The van der Waals surface area contributed by atoms with Crippen LogP contribution in [0.15, 0.2) is 0 Å². The van der Waals surface area contributed by atoms with Gasteiger partial charge in [-0.2, -0.15) is 0 Å². The number of carbonyl (C=O) groups is 1. The average molecular weight is 1270 g/mol. The third-order valence-electron chi connectivity index (χ3n) is 22.4. The molecule has 7 saturated heterocycles. The zero-order valence-corrected chi connectivity index (χ0v) is 50.0. The lowest BCUT2D eigenvalue weighted by Gasteiger charge is -2.62. The van der Waals surface area contributed by atoms with Gasteiger partial charge in [0, 0.05) is 25.2 Å². The molecule has 88 heavy (non-hydrogen) atoms. The molecule has 7 aliphatic heterocycles. The third kappa shape index (κ3) is 12.0. The minimum atomic E-state index is -2.24. The molecule has 0 aromatic carbocycles. The van der Waals surface area contributed by atoms with Gasteiger partial charge in [0.05, 0.1) is 57.5 Å². The highest BCUT2D eigenvalue weighted by Gasteiger charge is 2.73. The van der Waals surface area contributed by atoms with E-state index in [0.717, 1.165) is 45.4 Å². The molecule has 11 fully saturated rings. The Morgan fingerprint density at radius 2 is 1.10 bits per heavy atom. The molecule has 30 heteroatoms. The molecule has 11 rings (SSSR count). The summed E-state index contributed by atoms with van der Waals surface area (Å²) in [6.07, 6.45) is -43.0. The highest BCUT2D eigenvalue weighted by molar-refractivity contribution is 5.65. The fraction of sp³-hybridized carbons (Fsp3) is 0.983. The first-order valence-corrected chi connectivity index (χ1v) is 31.3. The summed E-state index contributed by atoms with van der Waals surface area (Å²) in [6.45, 7) is 6.45. The molecule has 1 spiro atoms. The van der Waals surface area contributed by atoms with Gasteiger partial charge in [0.25, 0.3) is 0 Å². The Morgan fingerprint density at radius 1 is 0.511 bits per heavy atom. The maximum atomic E-state index is 12.3. The minimum absolute atomic E-state index is 0.0127. The molecule has 4 aliphatic carbocycles. The average Bonchev–Trinajstić information content (AvgIpc) is 1.56. The number of ether oxygens (including phenoxy) is 13. The lowest BCUT2D eigenvalue weighted by Crippen LogP contribution is -2.69. The normalized spacial score (nSPS) is 56.4. The van der Waals surface area contributed by atoms with Gasteiger partial charge in [-0.1, -0.05) is 27.7 Å². The maximum absolute atomic E-state index is 12.3. The smallest absolute Gasteiger partial charge is 0.302 e. The molecule has 4 saturated carbocycles. The fourth-order valence-electron chi connectivity index (χ4n) is 17.6. The van der Waals surface area contributed by atoms with Crippen molar-refractivity contribution in [2.45, 2.75) is 264 Å². The van der Waals surface area contributed by atoms with Gasteiger partial charge < -0.3 is 143 Å². The van der Waals surface area contributed by atoms with E-state index in [1.165, 1.54) is 0 Å². The first-order chi connectivity index (χ1) is 41.7. The number of carbonyl (C=O) groups excluding carboxylic acids is 1. The molecule has 30 nitrogen and oxygen atoms in total. The summed E-state index contributed by atoms with van der Waals surface area (Å²) in [4.78, 5) is 11.6. The molecule has 0 unspecified atom stereocenters. The van der Waals surface area contributed by atoms with Crippen LogP contribution in [-0.4, -0.2) is 305 Å². The predicted molar refractivity (Wildman–Crippen MR) is 287 cm³/mol. The van der Waals surface area contributed by atoms with Crippen LogP contribution < -0.4 is 0 Å². The largest absolute Gasteiger partial charge is 0.463 e. The van der Waals surface area contributed by atoms with E-state index in [-0.39, 0.29) is 52.4 Å². The predicted octanol–water partition coefficient (Wildman–Crippen LogP) is -5.93. The van der Waals surface area contributed by atoms with Crippen molar-refractivity contribution in [2.24, 2.45) is 52.3 Å². The molecule has 0 radical (unpaired) electrons. The molecular formula is C58H94O30. The Kier molecular flexibility index (Phi) is 20.4. The number of hydrogen-bond donors (Lipinski definition) is 16. The number of esters is 1. The Bertz CT molecular complexity index is 2340. The SMILES string of the molecule is CC(=O)OC[C@H]1O[C@@H](O[C@H]2[C@@H](O)[C@@H](CO)O[C@@H](O[C@H]3[C@H](O[C@@H]4[C@H](O)[C@@H](O)[C@H](O[C@@H]5C[C@@H]6CC[C@H]7[C@@H]8[C@H](O)[C@@H]9O[C@]%10(CC[C@@H](C)CO%10)[C@@H](C)[C@@H]9[C@@]8(C)CC[C@@H]7[C@@]6(C)C[C@H]5O)O[C@@H]4CO)O[C@H](CO)[C@@H](O)[C@@H]3O[C@@H]3OC[C@@H](O)[C@H](O)[C@H]3O)[C@@H]2O)[C@H](O)[C@@H](O)[C@@H]1O. The second-order valence-corrected chi connectivity index (χ2v) is 27.6. The standard InChI is InChI=1S/C58H94O30/c1-20-8-11-58(78-17-20)21(2)33-47(88-58)39(69)34-24-7-6-23-12-28(26(63)13-57(23,5)25(24)9-10-56(33,34)4)79-52-44(74)41(71)46(31(16-61)82-52)84-55-50(49(38(68)30(15-60)81-55)86-51-42(72)35(65)27(64)18-77-51)87-54-45(75)48(37(67)29(14-59)80-54)85-53-43(73)40(70)36(66)32(83-53)19-76-22(3)62/h20-21,23-55,59-61,63-75H,6-19H2,1-5H3/t20-,21+,23+,24-,25+,26-,27-,28-,29-,30-,31-,32-,33+,34-,35+,36-,37+,38-,39+,40+,41-,42-,43-,44-,45-,46+,47-,48+,49+,50-,51+,52-,53+,54+,55+,56-,57+,58-/m1/s1.